The Kier molecular flexibility index (Phi) is 4.80. The fourth-order valence-electron chi connectivity index (χ4n) is 0. The van der Waals surface area contributed by atoms with Crippen LogP contribution in [0.15, 0.2) is 0 Å². The molecule has 0 bridgehead atoms. The smallest absolute Gasteiger partial charge is 0.158 e. The van der Waals surface area contributed by atoms with Gasteiger partial charge in [0.15, 0.2) is 9.46 Å². The largest absolute Gasteiger partial charge is 0.226 e. The van der Waals surface area contributed by atoms with Gasteiger partial charge in [0.1, 0.15) is 0 Å². The van der Waals surface area contributed by atoms with Gasteiger partial charge < -0.3 is 0 Å². The van der Waals surface area contributed by atoms with E-state index in [9.17, 15) is 8.42 Å². The van der Waals surface area contributed by atoms with Crippen molar-refractivity contribution in [2.75, 3.05) is 6.26 Å². The fraction of sp³-hybridized carbons (Fsp3) is 1.00. The van der Waals surface area contributed by atoms with Crippen molar-refractivity contribution in [1.82, 2.24) is 0 Å². The van der Waals surface area contributed by atoms with Crippen LogP contribution in [0.1, 0.15) is 0 Å². The molecule has 2 atom stereocenters. The lowest BCUT2D eigenvalue weighted by Crippen LogP contribution is -1.74. The fourth-order valence-corrected chi connectivity index (χ4v) is 0. The third kappa shape index (κ3) is 106. The van der Waals surface area contributed by atoms with E-state index in [0.29, 0.717) is 0 Å². The van der Waals surface area contributed by atoms with E-state index in [-0.39, 0.29) is 9.90 Å². The molecule has 0 fully saturated rings. The van der Waals surface area contributed by atoms with Gasteiger partial charge in [0.25, 0.3) is 0 Å². The van der Waals surface area contributed by atoms with Crippen LogP contribution in [0.2, 0.25) is 0 Å². The highest BCUT2D eigenvalue weighted by atomic mass is 32.7. The van der Waals surface area contributed by atoms with Crippen LogP contribution in [-0.2, 0) is 9.46 Å². The van der Waals surface area contributed by atoms with Crippen molar-refractivity contribution in [3.05, 3.63) is 0 Å². The molecule has 0 aliphatic carbocycles. The monoisotopic (exact) mass is 146 g/mol. The molecule has 0 aliphatic rings. The molecule has 0 heterocycles. The Bertz CT molecular complexity index is 94.7. The molecule has 0 aromatic carbocycles. The van der Waals surface area contributed by atoms with Gasteiger partial charge in [0.05, 0.1) is 0 Å². The van der Waals surface area contributed by atoms with Crippen molar-refractivity contribution < 1.29 is 8.42 Å². The van der Waals surface area contributed by atoms with Gasteiger partial charge in [0, 0.05) is 6.26 Å². The molecule has 0 N–H and O–H groups in total. The number of hydrogen-bond donors (Lipinski definition) is 0. The zero-order valence-corrected chi connectivity index (χ0v) is 6.89. The van der Waals surface area contributed by atoms with Crippen molar-refractivity contribution in [2.45, 2.75) is 0 Å². The van der Waals surface area contributed by atoms with Crippen LogP contribution >= 0.6 is 18.3 Å². The van der Waals surface area contributed by atoms with Gasteiger partial charge in [-0.1, -0.05) is 0 Å². The summed E-state index contributed by atoms with van der Waals surface area (Å²) < 4.78 is 19.2. The second-order valence-electron chi connectivity index (χ2n) is 0.830. The first-order valence-corrected chi connectivity index (χ1v) is 4.35. The van der Waals surface area contributed by atoms with Crippen LogP contribution in [-0.4, -0.2) is 14.7 Å². The lowest BCUT2D eigenvalue weighted by atomic mass is 12.0. The topological polar surface area (TPSA) is 34.1 Å². The van der Waals surface area contributed by atoms with Crippen molar-refractivity contribution in [2.24, 2.45) is 0 Å². The lowest BCUT2D eigenvalue weighted by Gasteiger charge is -1.69. The summed E-state index contributed by atoms with van der Waals surface area (Å²) in [6.45, 7) is 0. The van der Waals surface area contributed by atoms with Gasteiger partial charge >= 0.3 is 0 Å². The van der Waals surface area contributed by atoms with E-state index in [1.807, 2.05) is 0 Å². The predicted molar refractivity (Wildman–Crippen MR) is 35.7 cm³/mol. The quantitative estimate of drug-likeness (QED) is 0.446. The summed E-state index contributed by atoms with van der Waals surface area (Å²) in [6.07, 6.45) is 1.12. The van der Waals surface area contributed by atoms with E-state index in [4.69, 9.17) is 0 Å². The Morgan fingerprint density at radius 2 is 1.50 bits per heavy atom. The molecular weight excluding hydrogens is 138 g/mol. The number of hydrogen-bond acceptors (Lipinski definition) is 2. The summed E-state index contributed by atoms with van der Waals surface area (Å²) in [5, 5.41) is 0. The highest BCUT2D eigenvalue weighted by Crippen LogP contribution is 1.89. The zero-order chi connectivity index (χ0) is 4.50. The predicted octanol–water partition coefficient (Wildman–Crippen LogP) is -0.121. The van der Waals surface area contributed by atoms with Crippen molar-refractivity contribution in [3.8, 4) is 0 Å². The number of rotatable bonds is 0. The maximum Gasteiger partial charge on any atom is 0.158 e. The highest BCUT2D eigenvalue weighted by molar-refractivity contribution is 8.37. The summed E-state index contributed by atoms with van der Waals surface area (Å²) >= 11 is 0. The summed E-state index contributed by atoms with van der Waals surface area (Å²) in [4.78, 5) is 0. The SMILES string of the molecule is CS(=O)(=O)P.P. The Morgan fingerprint density at radius 3 is 1.50 bits per heavy atom. The van der Waals surface area contributed by atoms with E-state index < -0.39 is 9.46 Å². The van der Waals surface area contributed by atoms with Gasteiger partial charge in [-0.05, 0) is 8.44 Å². The average molecular weight is 146 g/mol. The van der Waals surface area contributed by atoms with E-state index in [2.05, 4.69) is 0 Å². The van der Waals surface area contributed by atoms with Crippen LogP contribution < -0.4 is 0 Å². The first-order valence-electron chi connectivity index (χ1n) is 0.977. The molecule has 0 saturated heterocycles. The molecule has 0 aliphatic heterocycles. The molecule has 0 spiro atoms. The molecule has 2 nitrogen and oxygen atoms in total. The lowest BCUT2D eigenvalue weighted by molar-refractivity contribution is 0.615. The summed E-state index contributed by atoms with van der Waals surface area (Å²) in [5.41, 5.74) is 0. The van der Waals surface area contributed by atoms with Crippen LogP contribution in [0.3, 0.4) is 0 Å². The summed E-state index contributed by atoms with van der Waals surface area (Å²) in [6, 6.07) is 0. The first-order chi connectivity index (χ1) is 2.00. The molecule has 40 valence electrons. The van der Waals surface area contributed by atoms with E-state index in [1.54, 1.807) is 8.44 Å². The third-order valence-corrected chi connectivity index (χ3v) is 0. The minimum atomic E-state index is -2.75. The van der Waals surface area contributed by atoms with E-state index in [1.165, 1.54) is 0 Å². The minimum absolute atomic E-state index is 0. The van der Waals surface area contributed by atoms with Crippen LogP contribution in [0.4, 0.5) is 0 Å². The second-order valence-corrected chi connectivity index (χ2v) is 5.06. The molecule has 0 aromatic rings. The van der Waals surface area contributed by atoms with Crippen LogP contribution in [0.5, 0.6) is 0 Å². The standard InChI is InChI=1S/CH5O2PS.H3P/c1-5(2,3)4;/h4H2,1H3;1H3. The molecule has 0 aromatic heterocycles. The average Bonchev–Trinajstić information content (AvgIpc) is 0.722. The van der Waals surface area contributed by atoms with Gasteiger partial charge in [-0.2, -0.15) is 9.90 Å². The van der Waals surface area contributed by atoms with Gasteiger partial charge in [-0.25, -0.2) is 8.42 Å². The Morgan fingerprint density at radius 1 is 1.50 bits per heavy atom. The maximum absolute atomic E-state index is 9.59. The molecule has 6 heavy (non-hydrogen) atoms. The van der Waals surface area contributed by atoms with E-state index >= 15 is 0 Å². The molecule has 2 unspecified atom stereocenters. The van der Waals surface area contributed by atoms with Crippen LogP contribution in [0.25, 0.3) is 0 Å². The Labute approximate surface area is 43.2 Å². The molecule has 0 saturated carbocycles. The van der Waals surface area contributed by atoms with Crippen LogP contribution in [0, 0.1) is 0 Å². The maximum atomic E-state index is 9.59. The van der Waals surface area contributed by atoms with Gasteiger partial charge in [-0.15, -0.1) is 0 Å². The zero-order valence-electron chi connectivity index (χ0n) is 3.51. The summed E-state index contributed by atoms with van der Waals surface area (Å²) in [5.74, 6) is 0. The Hall–Kier alpha value is 0.810. The minimum Gasteiger partial charge on any atom is -0.226 e. The van der Waals surface area contributed by atoms with Crippen molar-refractivity contribution >= 4 is 27.8 Å². The first kappa shape index (κ1) is 9.94. The Balaban J connectivity index is 0. The van der Waals surface area contributed by atoms with E-state index in [0.717, 1.165) is 6.26 Å². The molecular formula is CH8O2P2S. The molecule has 5 heteroatoms. The van der Waals surface area contributed by atoms with Gasteiger partial charge in [-0.3, -0.25) is 0 Å². The second kappa shape index (κ2) is 2.90. The normalized spacial score (nSPS) is 9.67. The van der Waals surface area contributed by atoms with Crippen molar-refractivity contribution in [1.29, 1.82) is 0 Å². The molecule has 0 rings (SSSR count). The molecule has 0 radical (unpaired) electrons. The van der Waals surface area contributed by atoms with Crippen molar-refractivity contribution in [3.63, 3.8) is 0 Å². The highest BCUT2D eigenvalue weighted by Gasteiger charge is 1.79. The van der Waals surface area contributed by atoms with Gasteiger partial charge in [0.2, 0.25) is 0 Å². The third-order valence-electron chi connectivity index (χ3n) is 0. The summed E-state index contributed by atoms with van der Waals surface area (Å²) in [7, 11) is -1.06. The molecule has 0 amide bonds.